The van der Waals surface area contributed by atoms with Crippen LogP contribution >= 0.6 is 0 Å². The second kappa shape index (κ2) is 14.7. The number of carbonyl (C=O) groups excluding carboxylic acids is 2. The van der Waals surface area contributed by atoms with Crippen molar-refractivity contribution in [1.82, 2.24) is 29.4 Å². The summed E-state index contributed by atoms with van der Waals surface area (Å²) in [6.07, 6.45) is 5.77. The van der Waals surface area contributed by atoms with E-state index in [0.29, 0.717) is 38.3 Å². The number of rotatable bonds is 6. The van der Waals surface area contributed by atoms with Crippen LogP contribution in [0.5, 0.6) is 0 Å². The van der Waals surface area contributed by atoms with Crippen molar-refractivity contribution in [2.24, 2.45) is 0 Å². The molecule has 4 aromatic rings. The van der Waals surface area contributed by atoms with Gasteiger partial charge in [0, 0.05) is 54.1 Å². The second-order valence-electron chi connectivity index (χ2n) is 17.2. The Balaban J connectivity index is 0.000000167. The van der Waals surface area contributed by atoms with Gasteiger partial charge >= 0.3 is 12.2 Å². The first-order chi connectivity index (χ1) is 25.6. The minimum absolute atomic E-state index is 0.256. The molecule has 2 aliphatic heterocycles. The van der Waals surface area contributed by atoms with E-state index in [1.54, 1.807) is 9.80 Å². The van der Waals surface area contributed by atoms with Crippen molar-refractivity contribution in [3.05, 3.63) is 82.2 Å². The van der Waals surface area contributed by atoms with Crippen LogP contribution in [0, 0.1) is 13.8 Å². The maximum absolute atomic E-state index is 12.5. The quantitative estimate of drug-likeness (QED) is 0.201. The third kappa shape index (κ3) is 9.02. The number of aryl methyl sites for hydroxylation is 2. The van der Waals surface area contributed by atoms with Crippen LogP contribution in [0.1, 0.15) is 113 Å². The number of hydrogen-bond acceptors (Lipinski definition) is 8. The molecule has 2 amide bonds. The molecule has 288 valence electrons. The molecule has 0 radical (unpaired) electrons. The Hall–Kier alpha value is -5.00. The number of ether oxygens (including phenoxy) is 2. The van der Waals surface area contributed by atoms with Gasteiger partial charge in [-0.15, -0.1) is 0 Å². The molecule has 0 atom stereocenters. The van der Waals surface area contributed by atoms with Crippen molar-refractivity contribution in [2.45, 2.75) is 130 Å². The smallest absolute Gasteiger partial charge is 0.410 e. The van der Waals surface area contributed by atoms with Crippen LogP contribution in [-0.2, 0) is 35.4 Å². The molecule has 0 unspecified atom stereocenters. The lowest BCUT2D eigenvalue weighted by molar-refractivity contribution is 0.0213. The van der Waals surface area contributed by atoms with Crippen molar-refractivity contribution in [3.8, 4) is 0 Å². The van der Waals surface area contributed by atoms with E-state index in [2.05, 4.69) is 70.2 Å². The third-order valence-corrected chi connectivity index (χ3v) is 9.80. The normalized spacial score (nSPS) is 16.8. The highest BCUT2D eigenvalue weighted by Crippen LogP contribution is 2.42. The molecule has 54 heavy (non-hydrogen) atoms. The molecular formula is C42H56N8O4. The van der Waals surface area contributed by atoms with Gasteiger partial charge in [-0.2, -0.15) is 10.2 Å². The number of fused-ring (bicyclic) bond motifs is 2. The van der Waals surface area contributed by atoms with Crippen LogP contribution in [0.3, 0.4) is 0 Å². The van der Waals surface area contributed by atoms with Gasteiger partial charge in [0.05, 0.1) is 30.9 Å². The summed E-state index contributed by atoms with van der Waals surface area (Å²) >= 11 is 0. The molecule has 4 aliphatic rings. The number of benzene rings is 2. The predicted molar refractivity (Wildman–Crippen MR) is 211 cm³/mol. The Kier molecular flexibility index (Phi) is 10.1. The van der Waals surface area contributed by atoms with E-state index in [1.165, 1.54) is 42.5 Å². The Morgan fingerprint density at radius 1 is 0.685 bits per heavy atom. The van der Waals surface area contributed by atoms with Gasteiger partial charge < -0.3 is 29.9 Å². The minimum atomic E-state index is -0.488. The number of anilines is 4. The summed E-state index contributed by atoms with van der Waals surface area (Å²) in [5.41, 5.74) is 8.08. The van der Waals surface area contributed by atoms with Crippen LogP contribution in [0.4, 0.5) is 32.6 Å². The molecule has 12 nitrogen and oxygen atoms in total. The predicted octanol–water partition coefficient (Wildman–Crippen LogP) is 9.13. The van der Waals surface area contributed by atoms with Crippen LogP contribution in [0.25, 0.3) is 0 Å². The number of nitrogens with one attached hydrogen (secondary N) is 2. The maximum atomic E-state index is 12.5. The highest BCUT2D eigenvalue weighted by Gasteiger charge is 2.36. The van der Waals surface area contributed by atoms with E-state index in [0.717, 1.165) is 52.7 Å². The van der Waals surface area contributed by atoms with Crippen molar-refractivity contribution in [2.75, 3.05) is 23.7 Å². The molecule has 0 saturated heterocycles. The average molecular weight is 737 g/mol. The maximum Gasteiger partial charge on any atom is 0.410 e. The molecule has 4 heterocycles. The molecule has 2 aliphatic carbocycles. The highest BCUT2D eigenvalue weighted by molar-refractivity contribution is 5.71. The van der Waals surface area contributed by atoms with Crippen molar-refractivity contribution >= 4 is 35.2 Å². The second-order valence-corrected chi connectivity index (χ2v) is 17.2. The van der Waals surface area contributed by atoms with E-state index in [4.69, 9.17) is 19.7 Å². The van der Waals surface area contributed by atoms with E-state index in [1.807, 2.05) is 53.7 Å². The molecule has 0 bridgehead atoms. The summed E-state index contributed by atoms with van der Waals surface area (Å²) in [5, 5.41) is 16.8. The summed E-state index contributed by atoms with van der Waals surface area (Å²) in [5.74, 6) is 1.88. The molecule has 2 aromatic heterocycles. The summed E-state index contributed by atoms with van der Waals surface area (Å²) in [7, 11) is 0. The zero-order valence-corrected chi connectivity index (χ0v) is 33.2. The van der Waals surface area contributed by atoms with Gasteiger partial charge in [-0.05, 0) is 116 Å². The summed E-state index contributed by atoms with van der Waals surface area (Å²) in [4.78, 5) is 28.7. The Bertz CT molecular complexity index is 1980. The first kappa shape index (κ1) is 37.3. The number of amides is 2. The van der Waals surface area contributed by atoms with Crippen molar-refractivity contribution < 1.29 is 19.1 Å². The minimum Gasteiger partial charge on any atom is -0.444 e. The SMILES string of the molecule is Cc1cccc(Nc2c3c(nn2C2CC2)CCN(C(=O)OC(C)(C)C)C3)c1.Cc1cccc(Nc2nn(C3CC3)c3c2CN(C(=O)OC(C)(C)C)CC3)c1. The van der Waals surface area contributed by atoms with E-state index in [9.17, 15) is 9.59 Å². The first-order valence-electron chi connectivity index (χ1n) is 19.4. The average Bonchev–Trinajstić information content (AvgIpc) is 4.04. The van der Waals surface area contributed by atoms with Crippen LogP contribution in [-0.4, -0.2) is 65.8 Å². The summed E-state index contributed by atoms with van der Waals surface area (Å²) < 4.78 is 15.5. The van der Waals surface area contributed by atoms with Gasteiger partial charge in [-0.3, -0.25) is 4.68 Å². The molecule has 2 fully saturated rings. The summed E-state index contributed by atoms with van der Waals surface area (Å²) in [6.45, 7) is 17.9. The van der Waals surface area contributed by atoms with E-state index >= 15 is 0 Å². The zero-order chi connectivity index (χ0) is 38.4. The lowest BCUT2D eigenvalue weighted by Crippen LogP contribution is -2.40. The zero-order valence-electron chi connectivity index (χ0n) is 33.2. The van der Waals surface area contributed by atoms with Crippen LogP contribution in [0.2, 0.25) is 0 Å². The molecule has 12 heteroatoms. The number of hydrogen-bond donors (Lipinski definition) is 2. The summed E-state index contributed by atoms with van der Waals surface area (Å²) in [6, 6.07) is 17.6. The molecule has 2 saturated carbocycles. The topological polar surface area (TPSA) is 119 Å². The standard InChI is InChI=1S/2C21H28N4O2/c1-14-6-5-7-15(12-14)22-19-17-13-24(20(26)27-21(2,3)4)11-10-18(17)25(23-19)16-8-9-16;1-14-6-5-7-15(12-14)22-19-17-13-24(20(26)27-21(2,3)4)11-10-18(17)23-25(19)16-8-9-16/h5-7,12,16H,8-11,13H2,1-4H3,(H,22,23);5-7,12,16,22H,8-11,13H2,1-4H3. The lowest BCUT2D eigenvalue weighted by atomic mass is 10.1. The molecular weight excluding hydrogens is 681 g/mol. The number of nitrogens with zero attached hydrogens (tertiary/aromatic N) is 6. The molecule has 0 spiro atoms. The fourth-order valence-corrected chi connectivity index (χ4v) is 6.96. The van der Waals surface area contributed by atoms with Gasteiger partial charge in [0.1, 0.15) is 17.0 Å². The van der Waals surface area contributed by atoms with Gasteiger partial charge in [0.2, 0.25) is 0 Å². The Morgan fingerprint density at radius 3 is 1.74 bits per heavy atom. The van der Waals surface area contributed by atoms with E-state index < -0.39 is 11.2 Å². The van der Waals surface area contributed by atoms with Gasteiger partial charge in [0.15, 0.2) is 5.82 Å². The lowest BCUT2D eigenvalue weighted by Gasteiger charge is -2.30. The number of aromatic nitrogens is 4. The van der Waals surface area contributed by atoms with Crippen LogP contribution < -0.4 is 10.6 Å². The van der Waals surface area contributed by atoms with Crippen LogP contribution in [0.15, 0.2) is 48.5 Å². The third-order valence-electron chi connectivity index (χ3n) is 9.80. The van der Waals surface area contributed by atoms with Gasteiger partial charge in [-0.1, -0.05) is 24.3 Å². The van der Waals surface area contributed by atoms with Crippen molar-refractivity contribution in [1.29, 1.82) is 0 Å². The molecule has 2 N–H and O–H groups in total. The highest BCUT2D eigenvalue weighted by atomic mass is 16.6. The first-order valence-corrected chi connectivity index (χ1v) is 19.4. The van der Waals surface area contributed by atoms with Gasteiger partial charge in [-0.25, -0.2) is 14.3 Å². The fraction of sp³-hybridized carbons (Fsp3) is 0.524. The van der Waals surface area contributed by atoms with E-state index in [-0.39, 0.29) is 12.2 Å². The molecule has 2 aromatic carbocycles. The Labute approximate surface area is 319 Å². The van der Waals surface area contributed by atoms with Crippen molar-refractivity contribution in [3.63, 3.8) is 0 Å². The number of carbonyl (C=O) groups is 2. The molecule has 8 rings (SSSR count). The largest absolute Gasteiger partial charge is 0.444 e. The Morgan fingerprint density at radius 2 is 1.20 bits per heavy atom. The monoisotopic (exact) mass is 736 g/mol. The van der Waals surface area contributed by atoms with Gasteiger partial charge in [0.25, 0.3) is 0 Å². The fourth-order valence-electron chi connectivity index (χ4n) is 6.96.